The normalized spacial score (nSPS) is 28.0. The summed E-state index contributed by atoms with van der Waals surface area (Å²) in [6, 6.07) is 0. The van der Waals surface area contributed by atoms with Crippen LogP contribution >= 0.6 is 0 Å². The van der Waals surface area contributed by atoms with E-state index in [1.165, 1.54) is 19.3 Å². The SMILES string of the molecule is C1CCN=C(NCC2COCCO2)CC1. The standard InChI is InChI=1S/C11H20N2O2/c1-2-4-11(12-5-3-1)13-8-10-9-14-6-7-15-10/h10H,1-9H2,(H,12,13). The van der Waals surface area contributed by atoms with Gasteiger partial charge >= 0.3 is 0 Å². The van der Waals surface area contributed by atoms with Gasteiger partial charge < -0.3 is 14.8 Å². The summed E-state index contributed by atoms with van der Waals surface area (Å²) >= 11 is 0. The van der Waals surface area contributed by atoms with Crippen molar-refractivity contribution in [2.24, 2.45) is 4.99 Å². The van der Waals surface area contributed by atoms with Gasteiger partial charge in [-0.05, 0) is 12.8 Å². The molecule has 4 nitrogen and oxygen atoms in total. The third kappa shape index (κ3) is 3.80. The molecular formula is C11H20N2O2. The summed E-state index contributed by atoms with van der Waals surface area (Å²) in [5.74, 6) is 1.15. The maximum Gasteiger partial charge on any atom is 0.0981 e. The van der Waals surface area contributed by atoms with E-state index >= 15 is 0 Å². The van der Waals surface area contributed by atoms with Crippen LogP contribution in [0.4, 0.5) is 0 Å². The zero-order chi connectivity index (χ0) is 10.3. The molecule has 2 aliphatic rings. The van der Waals surface area contributed by atoms with Gasteiger partial charge in [0.15, 0.2) is 0 Å². The Morgan fingerprint density at radius 1 is 1.27 bits per heavy atom. The highest BCUT2D eigenvalue weighted by Gasteiger charge is 2.14. The Morgan fingerprint density at radius 3 is 3.13 bits per heavy atom. The van der Waals surface area contributed by atoms with Gasteiger partial charge in [-0.3, -0.25) is 4.99 Å². The van der Waals surface area contributed by atoms with Crippen LogP contribution in [0.1, 0.15) is 25.7 Å². The Bertz CT molecular complexity index is 213. The van der Waals surface area contributed by atoms with Crippen LogP contribution < -0.4 is 5.32 Å². The predicted octanol–water partition coefficient (Wildman–Crippen LogP) is 0.964. The molecule has 4 heteroatoms. The van der Waals surface area contributed by atoms with E-state index in [4.69, 9.17) is 9.47 Å². The predicted molar refractivity (Wildman–Crippen MR) is 59.3 cm³/mol. The van der Waals surface area contributed by atoms with E-state index in [0.717, 1.165) is 38.6 Å². The van der Waals surface area contributed by atoms with Crippen LogP contribution in [0, 0.1) is 0 Å². The molecule has 1 unspecified atom stereocenters. The molecule has 15 heavy (non-hydrogen) atoms. The molecule has 0 saturated carbocycles. The van der Waals surface area contributed by atoms with Crippen molar-refractivity contribution in [3.8, 4) is 0 Å². The maximum absolute atomic E-state index is 5.56. The molecular weight excluding hydrogens is 192 g/mol. The highest BCUT2D eigenvalue weighted by atomic mass is 16.6. The zero-order valence-electron chi connectivity index (χ0n) is 9.21. The van der Waals surface area contributed by atoms with Gasteiger partial charge in [-0.25, -0.2) is 0 Å². The van der Waals surface area contributed by atoms with Gasteiger partial charge in [0.2, 0.25) is 0 Å². The number of hydrogen-bond acceptors (Lipinski definition) is 4. The Hall–Kier alpha value is -0.610. The molecule has 1 saturated heterocycles. The lowest BCUT2D eigenvalue weighted by Gasteiger charge is -2.23. The van der Waals surface area contributed by atoms with Gasteiger partial charge in [-0.1, -0.05) is 6.42 Å². The lowest BCUT2D eigenvalue weighted by molar-refractivity contribution is -0.0850. The van der Waals surface area contributed by atoms with Gasteiger partial charge in [0.1, 0.15) is 0 Å². The van der Waals surface area contributed by atoms with Gasteiger partial charge in [-0.2, -0.15) is 0 Å². The number of nitrogens with zero attached hydrogens (tertiary/aromatic N) is 1. The third-order valence-electron chi connectivity index (χ3n) is 2.79. The highest BCUT2D eigenvalue weighted by Crippen LogP contribution is 2.06. The monoisotopic (exact) mass is 212 g/mol. The first-order chi connectivity index (χ1) is 7.45. The number of hydrogen-bond donors (Lipinski definition) is 1. The first kappa shape index (κ1) is 10.9. The quantitative estimate of drug-likeness (QED) is 0.741. The van der Waals surface area contributed by atoms with Gasteiger partial charge in [0.05, 0.1) is 31.8 Å². The van der Waals surface area contributed by atoms with Gasteiger partial charge in [0.25, 0.3) is 0 Å². The fourth-order valence-electron chi connectivity index (χ4n) is 1.90. The van der Waals surface area contributed by atoms with Crippen molar-refractivity contribution in [2.45, 2.75) is 31.8 Å². The van der Waals surface area contributed by atoms with Crippen molar-refractivity contribution in [1.82, 2.24) is 5.32 Å². The lowest BCUT2D eigenvalue weighted by atomic mass is 10.2. The number of nitrogens with one attached hydrogen (secondary N) is 1. The molecule has 0 bridgehead atoms. The molecule has 0 spiro atoms. The van der Waals surface area contributed by atoms with Crippen molar-refractivity contribution in [3.63, 3.8) is 0 Å². The molecule has 0 aromatic rings. The molecule has 0 aromatic heterocycles. The molecule has 2 aliphatic heterocycles. The Balaban J connectivity index is 1.69. The van der Waals surface area contributed by atoms with E-state index in [1.54, 1.807) is 0 Å². The molecule has 2 rings (SSSR count). The fraction of sp³-hybridized carbons (Fsp3) is 0.909. The van der Waals surface area contributed by atoms with Crippen molar-refractivity contribution < 1.29 is 9.47 Å². The summed E-state index contributed by atoms with van der Waals surface area (Å²) in [5, 5.41) is 3.38. The molecule has 0 aromatic carbocycles. The smallest absolute Gasteiger partial charge is 0.0981 e. The second-order valence-corrected chi connectivity index (χ2v) is 4.09. The van der Waals surface area contributed by atoms with Crippen molar-refractivity contribution in [2.75, 3.05) is 32.9 Å². The van der Waals surface area contributed by atoms with Crippen LogP contribution in [0.5, 0.6) is 0 Å². The number of aliphatic imine (C=N–C) groups is 1. The van der Waals surface area contributed by atoms with Crippen LogP contribution in [-0.4, -0.2) is 44.8 Å². The second-order valence-electron chi connectivity index (χ2n) is 4.09. The first-order valence-electron chi connectivity index (χ1n) is 5.92. The Morgan fingerprint density at radius 2 is 2.27 bits per heavy atom. The summed E-state index contributed by atoms with van der Waals surface area (Å²) < 4.78 is 10.9. The fourth-order valence-corrected chi connectivity index (χ4v) is 1.90. The number of ether oxygens (including phenoxy) is 2. The third-order valence-corrected chi connectivity index (χ3v) is 2.79. The largest absolute Gasteiger partial charge is 0.376 e. The van der Waals surface area contributed by atoms with E-state index in [1.807, 2.05) is 0 Å². The molecule has 2 heterocycles. The van der Waals surface area contributed by atoms with Crippen molar-refractivity contribution in [3.05, 3.63) is 0 Å². The molecule has 1 atom stereocenters. The van der Waals surface area contributed by atoms with Crippen LogP contribution in [0.15, 0.2) is 4.99 Å². The number of amidine groups is 1. The van der Waals surface area contributed by atoms with Crippen LogP contribution in [0.3, 0.4) is 0 Å². The molecule has 0 aliphatic carbocycles. The maximum atomic E-state index is 5.56. The van der Waals surface area contributed by atoms with Crippen molar-refractivity contribution in [1.29, 1.82) is 0 Å². The molecule has 0 amide bonds. The second kappa shape index (κ2) is 6.08. The Kier molecular flexibility index (Phi) is 4.41. The van der Waals surface area contributed by atoms with Crippen LogP contribution in [0.25, 0.3) is 0 Å². The molecule has 0 radical (unpaired) electrons. The molecule has 86 valence electrons. The van der Waals surface area contributed by atoms with E-state index in [2.05, 4.69) is 10.3 Å². The molecule has 1 fully saturated rings. The first-order valence-corrected chi connectivity index (χ1v) is 5.92. The Labute approximate surface area is 91.0 Å². The minimum atomic E-state index is 0.199. The van der Waals surface area contributed by atoms with Gasteiger partial charge in [-0.15, -0.1) is 0 Å². The lowest BCUT2D eigenvalue weighted by Crippen LogP contribution is -2.39. The summed E-state index contributed by atoms with van der Waals surface area (Å²) in [4.78, 5) is 4.52. The summed E-state index contributed by atoms with van der Waals surface area (Å²) in [7, 11) is 0. The van der Waals surface area contributed by atoms with E-state index in [0.29, 0.717) is 6.61 Å². The highest BCUT2D eigenvalue weighted by molar-refractivity contribution is 5.82. The van der Waals surface area contributed by atoms with E-state index in [-0.39, 0.29) is 6.10 Å². The average molecular weight is 212 g/mol. The summed E-state index contributed by atoms with van der Waals surface area (Å²) in [5.41, 5.74) is 0. The average Bonchev–Trinajstić information content (AvgIpc) is 2.56. The van der Waals surface area contributed by atoms with Crippen LogP contribution in [-0.2, 0) is 9.47 Å². The van der Waals surface area contributed by atoms with Crippen molar-refractivity contribution >= 4 is 5.84 Å². The summed E-state index contributed by atoms with van der Waals surface area (Å²) in [6.45, 7) is 3.97. The topological polar surface area (TPSA) is 42.9 Å². The van der Waals surface area contributed by atoms with E-state index < -0.39 is 0 Å². The minimum Gasteiger partial charge on any atom is -0.376 e. The zero-order valence-corrected chi connectivity index (χ0v) is 9.21. The molecule has 1 N–H and O–H groups in total. The summed E-state index contributed by atoms with van der Waals surface area (Å²) in [6.07, 6.45) is 5.08. The van der Waals surface area contributed by atoms with E-state index in [9.17, 15) is 0 Å². The number of rotatable bonds is 2. The van der Waals surface area contributed by atoms with Gasteiger partial charge in [0, 0.05) is 19.5 Å². The van der Waals surface area contributed by atoms with Crippen LogP contribution in [0.2, 0.25) is 0 Å². The minimum absolute atomic E-state index is 0.199.